The Balaban J connectivity index is 1.66. The number of methoxy groups -OCH3 is 1. The number of fused-ring (bicyclic) bond motifs is 1. The van der Waals surface area contributed by atoms with E-state index in [9.17, 15) is 4.79 Å². The van der Waals surface area contributed by atoms with Crippen molar-refractivity contribution >= 4 is 22.9 Å². The summed E-state index contributed by atoms with van der Waals surface area (Å²) >= 11 is 0. The molecule has 27 heavy (non-hydrogen) atoms. The third-order valence-electron chi connectivity index (χ3n) is 4.83. The first kappa shape index (κ1) is 17.5. The van der Waals surface area contributed by atoms with E-state index in [2.05, 4.69) is 20.3 Å². The molecule has 3 heterocycles. The molecule has 1 amide bonds. The molecule has 4 rings (SSSR count). The normalized spacial score (nSPS) is 15.2. The molecule has 0 unspecified atom stereocenters. The van der Waals surface area contributed by atoms with Crippen LogP contribution >= 0.6 is 0 Å². The van der Waals surface area contributed by atoms with Crippen LogP contribution in [-0.2, 0) is 11.2 Å². The van der Waals surface area contributed by atoms with Crippen molar-refractivity contribution in [3.8, 4) is 5.75 Å². The Morgan fingerprint density at radius 1 is 1.37 bits per heavy atom. The van der Waals surface area contributed by atoms with Gasteiger partial charge in [-0.15, -0.1) is 0 Å². The second-order valence-corrected chi connectivity index (χ2v) is 6.48. The van der Waals surface area contributed by atoms with Crippen molar-refractivity contribution in [3.63, 3.8) is 0 Å². The maximum Gasteiger partial charge on any atom is 0.295 e. The van der Waals surface area contributed by atoms with Crippen molar-refractivity contribution in [3.05, 3.63) is 35.5 Å². The van der Waals surface area contributed by atoms with Crippen LogP contribution < -0.4 is 10.1 Å². The number of hydrogen-bond donors (Lipinski definition) is 2. The zero-order chi connectivity index (χ0) is 18.8. The molecular weight excluding hydrogens is 348 g/mol. The topological polar surface area (TPSA) is 102 Å². The number of carbonyl (C=O) groups is 1. The summed E-state index contributed by atoms with van der Waals surface area (Å²) in [6.07, 6.45) is 3.95. The van der Waals surface area contributed by atoms with Crippen molar-refractivity contribution in [1.29, 1.82) is 0 Å². The summed E-state index contributed by atoms with van der Waals surface area (Å²) < 4.78 is 16.3. The highest BCUT2D eigenvalue weighted by atomic mass is 16.5. The summed E-state index contributed by atoms with van der Waals surface area (Å²) in [5, 5.41) is 2.75. The van der Waals surface area contributed by atoms with E-state index in [0.717, 1.165) is 42.7 Å². The van der Waals surface area contributed by atoms with Gasteiger partial charge in [0.1, 0.15) is 11.3 Å². The molecule has 2 aromatic heterocycles. The van der Waals surface area contributed by atoms with Crippen LogP contribution in [-0.4, -0.2) is 41.2 Å². The molecule has 1 aromatic carbocycles. The fourth-order valence-corrected chi connectivity index (χ4v) is 3.40. The number of H-pyrrole nitrogens is 1. The van der Waals surface area contributed by atoms with Crippen LogP contribution in [0.5, 0.6) is 5.75 Å². The van der Waals surface area contributed by atoms with Crippen LogP contribution in [0.1, 0.15) is 47.7 Å². The average Bonchev–Trinajstić information content (AvgIpc) is 3.34. The van der Waals surface area contributed by atoms with E-state index in [1.165, 1.54) is 6.20 Å². The summed E-state index contributed by atoms with van der Waals surface area (Å²) in [7, 11) is 1.61. The molecule has 1 aliphatic rings. The number of hydrogen-bond acceptors (Lipinski definition) is 6. The largest absolute Gasteiger partial charge is 0.494 e. The highest BCUT2D eigenvalue weighted by Gasteiger charge is 2.22. The Morgan fingerprint density at radius 3 is 2.89 bits per heavy atom. The number of ether oxygens (including phenoxy) is 2. The van der Waals surface area contributed by atoms with Gasteiger partial charge in [-0.2, -0.15) is 0 Å². The highest BCUT2D eigenvalue weighted by molar-refractivity contribution is 6.02. The number of anilines is 1. The van der Waals surface area contributed by atoms with Gasteiger partial charge in [0.15, 0.2) is 5.89 Å². The van der Waals surface area contributed by atoms with E-state index >= 15 is 0 Å². The molecular formula is C19H22N4O4. The highest BCUT2D eigenvalue weighted by Crippen LogP contribution is 2.36. The van der Waals surface area contributed by atoms with Gasteiger partial charge in [0.2, 0.25) is 11.7 Å². The minimum Gasteiger partial charge on any atom is -0.494 e. The summed E-state index contributed by atoms with van der Waals surface area (Å²) in [4.78, 5) is 24.2. The van der Waals surface area contributed by atoms with Gasteiger partial charge in [-0.25, -0.2) is 9.97 Å². The minimum atomic E-state index is -0.396. The number of carbonyl (C=O) groups excluding carboxylic acids is 1. The zero-order valence-corrected chi connectivity index (χ0v) is 15.4. The molecule has 0 aliphatic carbocycles. The van der Waals surface area contributed by atoms with Crippen molar-refractivity contribution in [2.24, 2.45) is 0 Å². The molecule has 0 spiro atoms. The lowest BCUT2D eigenvalue weighted by atomic mass is 9.90. The maximum absolute atomic E-state index is 12.4. The van der Waals surface area contributed by atoms with Crippen molar-refractivity contribution in [1.82, 2.24) is 15.0 Å². The van der Waals surface area contributed by atoms with Gasteiger partial charge in [0.25, 0.3) is 5.91 Å². The van der Waals surface area contributed by atoms with Crippen molar-refractivity contribution in [2.75, 3.05) is 25.6 Å². The minimum absolute atomic E-state index is 0.156. The Morgan fingerprint density at radius 2 is 2.19 bits per heavy atom. The Kier molecular flexibility index (Phi) is 4.81. The number of oxazole rings is 1. The maximum atomic E-state index is 12.4. The molecule has 8 nitrogen and oxygen atoms in total. The molecule has 1 aliphatic heterocycles. The van der Waals surface area contributed by atoms with E-state index in [-0.39, 0.29) is 5.76 Å². The van der Waals surface area contributed by atoms with Gasteiger partial charge < -0.3 is 18.9 Å². The molecule has 0 atom stereocenters. The molecule has 8 heteroatoms. The third-order valence-corrected chi connectivity index (χ3v) is 4.83. The summed E-state index contributed by atoms with van der Waals surface area (Å²) in [5.74, 6) is 1.69. The van der Waals surface area contributed by atoms with Crippen LogP contribution in [0.3, 0.4) is 0 Å². The average molecular weight is 370 g/mol. The van der Waals surface area contributed by atoms with Crippen molar-refractivity contribution in [2.45, 2.75) is 32.1 Å². The Hall–Kier alpha value is -2.87. The number of benzene rings is 1. The standard InChI is InChI=1S/C19H22N4O4/c1-3-15-20-10-14(27-15)18(24)23-19-21-16-12(11-6-8-26-9-7-11)4-5-13(25-2)17(16)22-19/h4-5,10-11H,3,6-9H2,1-2H3,(H2,21,22,23,24). The number of aryl methyl sites for hydroxylation is 1. The Labute approximate surface area is 156 Å². The number of imidazole rings is 1. The number of nitrogens with one attached hydrogen (secondary N) is 2. The first-order valence-corrected chi connectivity index (χ1v) is 9.10. The molecule has 2 N–H and O–H groups in total. The summed E-state index contributed by atoms with van der Waals surface area (Å²) in [6, 6.07) is 3.98. The van der Waals surface area contributed by atoms with Gasteiger partial charge in [-0.05, 0) is 30.4 Å². The SMILES string of the molecule is CCc1ncc(C(=O)Nc2nc3c(C4CCOCC4)ccc(OC)c3[nH]2)o1. The monoisotopic (exact) mass is 370 g/mol. The third kappa shape index (κ3) is 3.40. The smallest absolute Gasteiger partial charge is 0.295 e. The van der Waals surface area contributed by atoms with E-state index < -0.39 is 5.91 Å². The second-order valence-electron chi connectivity index (χ2n) is 6.48. The van der Waals surface area contributed by atoms with Gasteiger partial charge >= 0.3 is 0 Å². The van der Waals surface area contributed by atoms with Gasteiger partial charge in [0, 0.05) is 19.6 Å². The quantitative estimate of drug-likeness (QED) is 0.715. The molecule has 1 saturated heterocycles. The van der Waals surface area contributed by atoms with Crippen LogP contribution in [0.15, 0.2) is 22.7 Å². The molecule has 142 valence electrons. The lowest BCUT2D eigenvalue weighted by molar-refractivity contribution is 0.0856. The first-order chi connectivity index (χ1) is 13.2. The van der Waals surface area contributed by atoms with E-state index in [1.54, 1.807) is 7.11 Å². The number of aromatic nitrogens is 3. The summed E-state index contributed by atoms with van der Waals surface area (Å²) in [5.41, 5.74) is 2.71. The van der Waals surface area contributed by atoms with E-state index in [4.69, 9.17) is 13.9 Å². The van der Waals surface area contributed by atoms with Crippen LogP contribution in [0, 0.1) is 0 Å². The Bertz CT molecular complexity index is 956. The predicted octanol–water partition coefficient (Wildman–Crippen LogP) is 3.27. The fourth-order valence-electron chi connectivity index (χ4n) is 3.40. The van der Waals surface area contributed by atoms with Gasteiger partial charge in [-0.1, -0.05) is 13.0 Å². The first-order valence-electron chi connectivity index (χ1n) is 9.10. The fraction of sp³-hybridized carbons (Fsp3) is 0.421. The van der Waals surface area contributed by atoms with E-state index in [0.29, 0.717) is 29.9 Å². The second kappa shape index (κ2) is 7.40. The van der Waals surface area contributed by atoms with Crippen LogP contribution in [0.25, 0.3) is 11.0 Å². The lowest BCUT2D eigenvalue weighted by Gasteiger charge is -2.22. The molecule has 0 radical (unpaired) electrons. The lowest BCUT2D eigenvalue weighted by Crippen LogP contribution is -2.14. The zero-order valence-electron chi connectivity index (χ0n) is 15.4. The number of amides is 1. The van der Waals surface area contributed by atoms with Crippen LogP contribution in [0.2, 0.25) is 0 Å². The van der Waals surface area contributed by atoms with Gasteiger partial charge in [-0.3, -0.25) is 10.1 Å². The molecule has 0 saturated carbocycles. The molecule has 3 aromatic rings. The molecule has 1 fully saturated rings. The predicted molar refractivity (Wildman–Crippen MR) is 99.3 cm³/mol. The number of aromatic amines is 1. The van der Waals surface area contributed by atoms with Crippen LogP contribution in [0.4, 0.5) is 5.95 Å². The van der Waals surface area contributed by atoms with Crippen molar-refractivity contribution < 1.29 is 18.7 Å². The van der Waals surface area contributed by atoms with E-state index in [1.807, 2.05) is 19.1 Å². The summed E-state index contributed by atoms with van der Waals surface area (Å²) in [6.45, 7) is 3.41. The van der Waals surface area contributed by atoms with Gasteiger partial charge in [0.05, 0.1) is 18.8 Å². The molecule has 0 bridgehead atoms. The number of rotatable bonds is 5. The number of nitrogens with zero attached hydrogens (tertiary/aromatic N) is 2.